The first-order chi connectivity index (χ1) is 17.8. The van der Waals surface area contributed by atoms with E-state index in [1.807, 2.05) is 12.1 Å². The molecule has 0 radical (unpaired) electrons. The van der Waals surface area contributed by atoms with Gasteiger partial charge in [0, 0.05) is 62.1 Å². The summed E-state index contributed by atoms with van der Waals surface area (Å²) in [6.45, 7) is 6.50. The molecule has 1 unspecified atom stereocenters. The van der Waals surface area contributed by atoms with Crippen molar-refractivity contribution >= 4 is 23.4 Å². The van der Waals surface area contributed by atoms with Crippen LogP contribution in [0.5, 0.6) is 0 Å². The van der Waals surface area contributed by atoms with E-state index in [1.54, 1.807) is 12.0 Å². The van der Waals surface area contributed by atoms with Gasteiger partial charge < -0.3 is 19.9 Å². The second kappa shape index (κ2) is 10.7. The highest BCUT2D eigenvalue weighted by atomic mass is 16.5. The number of hydrogen-bond donors (Lipinski definition) is 2. The number of carbonyl (C=O) groups is 3. The fourth-order valence-corrected chi connectivity index (χ4v) is 6.12. The Hall–Kier alpha value is -2.45. The summed E-state index contributed by atoms with van der Waals surface area (Å²) in [6, 6.07) is 6.41. The number of imide groups is 1. The molecule has 1 atom stereocenters. The summed E-state index contributed by atoms with van der Waals surface area (Å²) >= 11 is 0. The average Bonchev–Trinajstić information content (AvgIpc) is 3.66. The molecule has 3 amide bonds. The first-order valence-corrected chi connectivity index (χ1v) is 14.1. The standard InChI is InChI=1S/C29H42N4O4/c1-29(2,37-3)18-30-20-9-11-21(12-10-20)32(16-15-19-7-8-19)24-6-4-5-22-23(24)17-33(28(22)36)25-13-14-26(34)31-27(25)35/h4-6,19-21,25,30H,7-18H2,1-3H3,(H,31,34,35). The van der Waals surface area contributed by atoms with E-state index in [-0.39, 0.29) is 29.7 Å². The number of fused-ring (bicyclic) bond motifs is 1. The van der Waals surface area contributed by atoms with Gasteiger partial charge in [0.1, 0.15) is 6.04 Å². The van der Waals surface area contributed by atoms with Crippen LogP contribution in [0.1, 0.15) is 87.6 Å². The molecule has 0 aromatic heterocycles. The Bertz CT molecular complexity index is 1030. The maximum absolute atomic E-state index is 13.4. The molecule has 202 valence electrons. The molecule has 2 aliphatic carbocycles. The zero-order valence-corrected chi connectivity index (χ0v) is 22.6. The number of methoxy groups -OCH3 is 1. The molecule has 37 heavy (non-hydrogen) atoms. The summed E-state index contributed by atoms with van der Waals surface area (Å²) in [6.07, 6.45) is 8.99. The maximum atomic E-state index is 13.4. The van der Waals surface area contributed by atoms with Gasteiger partial charge in [-0.15, -0.1) is 0 Å². The monoisotopic (exact) mass is 510 g/mol. The fourth-order valence-electron chi connectivity index (χ4n) is 6.12. The van der Waals surface area contributed by atoms with Crippen molar-refractivity contribution in [1.29, 1.82) is 0 Å². The van der Waals surface area contributed by atoms with E-state index in [2.05, 4.69) is 35.4 Å². The van der Waals surface area contributed by atoms with Crippen LogP contribution in [0.15, 0.2) is 18.2 Å². The second-order valence-corrected chi connectivity index (χ2v) is 12.0. The number of amides is 3. The molecule has 2 N–H and O–H groups in total. The normalized spacial score (nSPS) is 26.3. The molecule has 8 nitrogen and oxygen atoms in total. The molecule has 2 saturated carbocycles. The van der Waals surface area contributed by atoms with Crippen molar-refractivity contribution in [3.8, 4) is 0 Å². The Balaban J connectivity index is 1.31. The molecule has 1 saturated heterocycles. The van der Waals surface area contributed by atoms with Crippen molar-refractivity contribution in [2.45, 2.75) is 102 Å². The first kappa shape index (κ1) is 26.2. The SMILES string of the molecule is COC(C)(C)CNC1CCC(N(CCC2CC2)c2cccc3c2CN(C2CCC(=O)NC2=O)C3=O)CC1. The van der Waals surface area contributed by atoms with Crippen LogP contribution in [0.4, 0.5) is 5.69 Å². The van der Waals surface area contributed by atoms with Crippen LogP contribution < -0.4 is 15.5 Å². The molecular weight excluding hydrogens is 468 g/mol. The van der Waals surface area contributed by atoms with Gasteiger partial charge in [-0.25, -0.2) is 0 Å². The summed E-state index contributed by atoms with van der Waals surface area (Å²) in [4.78, 5) is 41.9. The summed E-state index contributed by atoms with van der Waals surface area (Å²) in [7, 11) is 1.76. The van der Waals surface area contributed by atoms with Crippen LogP contribution in [-0.2, 0) is 20.9 Å². The quantitative estimate of drug-likeness (QED) is 0.469. The molecule has 3 fully saturated rings. The molecular formula is C29H42N4O4. The summed E-state index contributed by atoms with van der Waals surface area (Å²) in [5.74, 6) is 0.123. The van der Waals surface area contributed by atoms with E-state index in [0.717, 1.165) is 55.9 Å². The van der Waals surface area contributed by atoms with Gasteiger partial charge in [-0.2, -0.15) is 0 Å². The Labute approximate surface area is 220 Å². The maximum Gasteiger partial charge on any atom is 0.255 e. The van der Waals surface area contributed by atoms with Gasteiger partial charge in [0.25, 0.3) is 5.91 Å². The van der Waals surface area contributed by atoms with Gasteiger partial charge in [-0.05, 0) is 70.4 Å². The molecule has 1 aromatic rings. The smallest absolute Gasteiger partial charge is 0.255 e. The number of nitrogens with zero attached hydrogens (tertiary/aromatic N) is 2. The third kappa shape index (κ3) is 5.85. The lowest BCUT2D eigenvalue weighted by Gasteiger charge is -2.40. The molecule has 4 aliphatic rings. The minimum Gasteiger partial charge on any atom is -0.377 e. The number of rotatable bonds is 10. The number of carbonyl (C=O) groups excluding carboxylic acids is 3. The Kier molecular flexibility index (Phi) is 7.59. The highest BCUT2D eigenvalue weighted by Crippen LogP contribution is 2.39. The van der Waals surface area contributed by atoms with E-state index in [1.165, 1.54) is 19.3 Å². The Morgan fingerprint density at radius 1 is 1.08 bits per heavy atom. The largest absolute Gasteiger partial charge is 0.377 e. The lowest BCUT2D eigenvalue weighted by atomic mass is 9.88. The van der Waals surface area contributed by atoms with E-state index < -0.39 is 6.04 Å². The van der Waals surface area contributed by atoms with Crippen LogP contribution >= 0.6 is 0 Å². The zero-order chi connectivity index (χ0) is 26.2. The van der Waals surface area contributed by atoms with Crippen LogP contribution in [0.2, 0.25) is 0 Å². The number of anilines is 1. The first-order valence-electron chi connectivity index (χ1n) is 14.1. The second-order valence-electron chi connectivity index (χ2n) is 12.0. The third-order valence-electron chi connectivity index (χ3n) is 8.85. The van der Waals surface area contributed by atoms with Crippen LogP contribution in [0, 0.1) is 5.92 Å². The van der Waals surface area contributed by atoms with Crippen LogP contribution in [0.25, 0.3) is 0 Å². The van der Waals surface area contributed by atoms with Crippen LogP contribution in [0.3, 0.4) is 0 Å². The summed E-state index contributed by atoms with van der Waals surface area (Å²) < 4.78 is 5.58. The van der Waals surface area contributed by atoms with Crippen LogP contribution in [-0.4, -0.2) is 66.5 Å². The van der Waals surface area contributed by atoms with Crippen molar-refractivity contribution in [3.63, 3.8) is 0 Å². The number of benzene rings is 1. The van der Waals surface area contributed by atoms with Gasteiger partial charge in [0.15, 0.2) is 0 Å². The molecule has 0 spiro atoms. The number of ether oxygens (including phenoxy) is 1. The third-order valence-corrected chi connectivity index (χ3v) is 8.85. The number of hydrogen-bond acceptors (Lipinski definition) is 6. The number of nitrogens with one attached hydrogen (secondary N) is 2. The summed E-state index contributed by atoms with van der Waals surface area (Å²) in [5, 5.41) is 6.13. The fraction of sp³-hybridized carbons (Fsp3) is 0.690. The Morgan fingerprint density at radius 2 is 1.84 bits per heavy atom. The van der Waals surface area contributed by atoms with Crippen molar-refractivity contribution in [3.05, 3.63) is 29.3 Å². The Morgan fingerprint density at radius 3 is 2.51 bits per heavy atom. The average molecular weight is 511 g/mol. The number of piperidine rings is 1. The predicted molar refractivity (Wildman–Crippen MR) is 142 cm³/mol. The van der Waals surface area contributed by atoms with E-state index >= 15 is 0 Å². The van der Waals surface area contributed by atoms with Gasteiger partial charge in [-0.3, -0.25) is 19.7 Å². The van der Waals surface area contributed by atoms with Gasteiger partial charge in [-0.1, -0.05) is 18.9 Å². The van der Waals surface area contributed by atoms with Gasteiger partial charge >= 0.3 is 0 Å². The van der Waals surface area contributed by atoms with Crippen molar-refractivity contribution in [2.75, 3.05) is 25.1 Å². The lowest BCUT2D eigenvalue weighted by molar-refractivity contribution is -0.136. The van der Waals surface area contributed by atoms with E-state index in [4.69, 9.17) is 4.74 Å². The predicted octanol–water partition coefficient (Wildman–Crippen LogP) is 3.38. The highest BCUT2D eigenvalue weighted by molar-refractivity contribution is 6.06. The molecule has 8 heteroatoms. The highest BCUT2D eigenvalue weighted by Gasteiger charge is 2.41. The van der Waals surface area contributed by atoms with Crippen molar-refractivity contribution in [1.82, 2.24) is 15.5 Å². The minimum absolute atomic E-state index is 0.0952. The van der Waals surface area contributed by atoms with Crippen molar-refractivity contribution < 1.29 is 19.1 Å². The topological polar surface area (TPSA) is 91.0 Å². The summed E-state index contributed by atoms with van der Waals surface area (Å²) in [5.41, 5.74) is 2.72. The molecule has 0 bridgehead atoms. The van der Waals surface area contributed by atoms with Gasteiger partial charge in [0.05, 0.1) is 5.60 Å². The molecule has 2 heterocycles. The van der Waals surface area contributed by atoms with Gasteiger partial charge in [0.2, 0.25) is 11.8 Å². The molecule has 1 aromatic carbocycles. The molecule has 2 aliphatic heterocycles. The molecule has 5 rings (SSSR count). The zero-order valence-electron chi connectivity index (χ0n) is 22.6. The van der Waals surface area contributed by atoms with E-state index in [9.17, 15) is 14.4 Å². The van der Waals surface area contributed by atoms with Crippen molar-refractivity contribution in [2.24, 2.45) is 5.92 Å². The lowest BCUT2D eigenvalue weighted by Crippen LogP contribution is -2.52. The van der Waals surface area contributed by atoms with E-state index in [0.29, 0.717) is 30.6 Å². The minimum atomic E-state index is -0.580.